The summed E-state index contributed by atoms with van der Waals surface area (Å²) in [7, 11) is 0. The fourth-order valence-electron chi connectivity index (χ4n) is 2.36. The molecule has 0 aliphatic heterocycles. The summed E-state index contributed by atoms with van der Waals surface area (Å²) in [6.45, 7) is 0.0752. The molecule has 1 aliphatic carbocycles. The zero-order chi connectivity index (χ0) is 13.8. The maximum Gasteiger partial charge on any atom is 0.356 e. The lowest BCUT2D eigenvalue weighted by atomic mass is 10.2. The highest BCUT2D eigenvalue weighted by molar-refractivity contribution is 5.85. The van der Waals surface area contributed by atoms with Crippen LogP contribution in [0.2, 0.25) is 0 Å². The van der Waals surface area contributed by atoms with E-state index in [1.807, 2.05) is 4.90 Å². The van der Waals surface area contributed by atoms with Crippen LogP contribution in [0.15, 0.2) is 12.4 Å². The summed E-state index contributed by atoms with van der Waals surface area (Å²) >= 11 is 0. The Morgan fingerprint density at radius 2 is 2.00 bits per heavy atom. The van der Waals surface area contributed by atoms with E-state index in [1.54, 1.807) is 0 Å². The van der Waals surface area contributed by atoms with Gasteiger partial charge in [0.2, 0.25) is 5.91 Å². The maximum atomic E-state index is 11.2. The van der Waals surface area contributed by atoms with Gasteiger partial charge in [-0.05, 0) is 12.8 Å². The number of anilines is 1. The summed E-state index contributed by atoms with van der Waals surface area (Å²) in [6.07, 6.45) is 6.76. The van der Waals surface area contributed by atoms with Crippen LogP contribution in [-0.2, 0) is 4.79 Å². The third-order valence-corrected chi connectivity index (χ3v) is 3.24. The Bertz CT molecular complexity index is 468. The highest BCUT2D eigenvalue weighted by Crippen LogP contribution is 2.26. The Kier molecular flexibility index (Phi) is 3.94. The Balaban J connectivity index is 2.21. The van der Waals surface area contributed by atoms with Crippen LogP contribution in [0.3, 0.4) is 0 Å². The molecule has 1 saturated carbocycles. The van der Waals surface area contributed by atoms with Gasteiger partial charge < -0.3 is 15.7 Å². The van der Waals surface area contributed by atoms with Crippen LogP contribution in [0.4, 0.5) is 5.82 Å². The lowest BCUT2D eigenvalue weighted by Gasteiger charge is -2.28. The number of nitrogens with zero attached hydrogens (tertiary/aromatic N) is 3. The summed E-state index contributed by atoms with van der Waals surface area (Å²) in [5, 5.41) is 8.78. The minimum absolute atomic E-state index is 0.0752. The number of nitrogens with two attached hydrogens (primary N) is 1. The van der Waals surface area contributed by atoms with E-state index in [0.29, 0.717) is 5.82 Å². The van der Waals surface area contributed by atoms with Gasteiger partial charge in [-0.2, -0.15) is 0 Å². The number of primary amides is 1. The Morgan fingerprint density at radius 3 is 2.47 bits per heavy atom. The summed E-state index contributed by atoms with van der Waals surface area (Å²) < 4.78 is 0. The summed E-state index contributed by atoms with van der Waals surface area (Å²) in [5.74, 6) is -1.06. The predicted octanol–water partition coefficient (Wildman–Crippen LogP) is 0.409. The highest BCUT2D eigenvalue weighted by atomic mass is 16.4. The number of carboxylic acid groups (broad SMARTS) is 1. The second kappa shape index (κ2) is 5.64. The van der Waals surface area contributed by atoms with Gasteiger partial charge in [0.05, 0.1) is 18.9 Å². The lowest BCUT2D eigenvalue weighted by Crippen LogP contribution is -2.40. The van der Waals surface area contributed by atoms with Gasteiger partial charge in [-0.15, -0.1) is 0 Å². The molecule has 1 aliphatic rings. The van der Waals surface area contributed by atoms with E-state index in [9.17, 15) is 9.59 Å². The molecule has 0 aromatic carbocycles. The average molecular weight is 264 g/mol. The number of carboxylic acids is 1. The van der Waals surface area contributed by atoms with Crippen LogP contribution < -0.4 is 10.6 Å². The number of carbonyl (C=O) groups is 2. The van der Waals surface area contributed by atoms with Gasteiger partial charge in [-0.3, -0.25) is 4.79 Å². The smallest absolute Gasteiger partial charge is 0.356 e. The van der Waals surface area contributed by atoms with Crippen molar-refractivity contribution < 1.29 is 14.7 Å². The first-order valence-electron chi connectivity index (χ1n) is 6.18. The molecule has 0 atom stereocenters. The second-order valence-electron chi connectivity index (χ2n) is 4.60. The number of rotatable bonds is 5. The van der Waals surface area contributed by atoms with Crippen LogP contribution >= 0.6 is 0 Å². The molecule has 0 saturated heterocycles. The predicted molar refractivity (Wildman–Crippen MR) is 67.8 cm³/mol. The fraction of sp³-hybridized carbons (Fsp3) is 0.500. The lowest BCUT2D eigenvalue weighted by molar-refractivity contribution is -0.116. The van der Waals surface area contributed by atoms with E-state index in [-0.39, 0.29) is 18.3 Å². The second-order valence-corrected chi connectivity index (χ2v) is 4.60. The number of hydrogen-bond acceptors (Lipinski definition) is 5. The van der Waals surface area contributed by atoms with Gasteiger partial charge in [-0.25, -0.2) is 14.8 Å². The van der Waals surface area contributed by atoms with E-state index >= 15 is 0 Å². The van der Waals surface area contributed by atoms with Gasteiger partial charge in [-0.1, -0.05) is 12.8 Å². The molecule has 0 spiro atoms. The van der Waals surface area contributed by atoms with E-state index in [1.165, 1.54) is 12.4 Å². The van der Waals surface area contributed by atoms with Crippen LogP contribution in [-0.4, -0.2) is 39.5 Å². The van der Waals surface area contributed by atoms with Crippen molar-refractivity contribution in [3.05, 3.63) is 18.1 Å². The SMILES string of the molecule is NC(=O)CN(c1cnc(C(=O)O)cn1)C1CCCC1. The molecule has 0 bridgehead atoms. The zero-order valence-electron chi connectivity index (χ0n) is 10.5. The van der Waals surface area contributed by atoms with E-state index in [2.05, 4.69) is 9.97 Å². The molecule has 3 N–H and O–H groups in total. The Morgan fingerprint density at radius 1 is 1.32 bits per heavy atom. The number of carbonyl (C=O) groups excluding carboxylic acids is 1. The minimum atomic E-state index is -1.12. The Labute approximate surface area is 110 Å². The molecule has 0 radical (unpaired) electrons. The van der Waals surface area contributed by atoms with E-state index in [4.69, 9.17) is 10.8 Å². The number of aromatic carboxylic acids is 1. The summed E-state index contributed by atoms with van der Waals surface area (Å²) in [4.78, 5) is 31.6. The van der Waals surface area contributed by atoms with Crippen molar-refractivity contribution >= 4 is 17.7 Å². The molecule has 1 heterocycles. The molecule has 1 aromatic heterocycles. The van der Waals surface area contributed by atoms with Crippen molar-refractivity contribution in [1.82, 2.24) is 9.97 Å². The molecule has 0 unspecified atom stereocenters. The van der Waals surface area contributed by atoms with E-state index < -0.39 is 11.9 Å². The largest absolute Gasteiger partial charge is 0.476 e. The number of aromatic nitrogens is 2. The third kappa shape index (κ3) is 3.18. The van der Waals surface area contributed by atoms with Crippen molar-refractivity contribution in [3.63, 3.8) is 0 Å². The monoisotopic (exact) mass is 264 g/mol. The molecule has 7 heteroatoms. The first-order chi connectivity index (χ1) is 9.08. The van der Waals surface area contributed by atoms with Gasteiger partial charge >= 0.3 is 5.97 Å². The third-order valence-electron chi connectivity index (χ3n) is 3.24. The maximum absolute atomic E-state index is 11.2. The number of hydrogen-bond donors (Lipinski definition) is 2. The Hall–Kier alpha value is -2.18. The normalized spacial score (nSPS) is 15.4. The standard InChI is InChI=1S/C12H16N4O3/c13-10(17)7-16(8-3-1-2-4-8)11-6-14-9(5-15-11)12(18)19/h5-6,8H,1-4,7H2,(H2,13,17)(H,18,19). The van der Waals surface area contributed by atoms with Crippen molar-refractivity contribution in [3.8, 4) is 0 Å². The van der Waals surface area contributed by atoms with Gasteiger partial charge in [0.25, 0.3) is 0 Å². The highest BCUT2D eigenvalue weighted by Gasteiger charge is 2.25. The number of amides is 1. The molecular weight excluding hydrogens is 248 g/mol. The van der Waals surface area contributed by atoms with Crippen LogP contribution in [0.25, 0.3) is 0 Å². The van der Waals surface area contributed by atoms with Crippen LogP contribution in [0.1, 0.15) is 36.2 Å². The zero-order valence-corrected chi connectivity index (χ0v) is 10.5. The quantitative estimate of drug-likeness (QED) is 0.797. The molecule has 102 valence electrons. The van der Waals surface area contributed by atoms with Crippen LogP contribution in [0.5, 0.6) is 0 Å². The minimum Gasteiger partial charge on any atom is -0.476 e. The van der Waals surface area contributed by atoms with Gasteiger partial charge in [0.15, 0.2) is 5.69 Å². The van der Waals surface area contributed by atoms with Crippen molar-refractivity contribution in [1.29, 1.82) is 0 Å². The summed E-state index contributed by atoms with van der Waals surface area (Å²) in [6, 6.07) is 0.220. The van der Waals surface area contributed by atoms with E-state index in [0.717, 1.165) is 25.7 Å². The molecule has 7 nitrogen and oxygen atoms in total. The van der Waals surface area contributed by atoms with Crippen molar-refractivity contribution in [2.24, 2.45) is 5.73 Å². The molecule has 1 aromatic rings. The average Bonchev–Trinajstić information content (AvgIpc) is 2.89. The van der Waals surface area contributed by atoms with Crippen molar-refractivity contribution in [2.45, 2.75) is 31.7 Å². The molecule has 1 fully saturated rings. The first-order valence-corrected chi connectivity index (χ1v) is 6.18. The van der Waals surface area contributed by atoms with Crippen molar-refractivity contribution in [2.75, 3.05) is 11.4 Å². The molecule has 2 rings (SSSR count). The van der Waals surface area contributed by atoms with Gasteiger partial charge in [0, 0.05) is 6.04 Å². The fourth-order valence-corrected chi connectivity index (χ4v) is 2.36. The molecule has 1 amide bonds. The molecule has 19 heavy (non-hydrogen) atoms. The topological polar surface area (TPSA) is 109 Å². The molecular formula is C12H16N4O3. The summed E-state index contributed by atoms with van der Waals surface area (Å²) in [5.41, 5.74) is 5.14. The van der Waals surface area contributed by atoms with Gasteiger partial charge in [0.1, 0.15) is 5.82 Å². The first kappa shape index (κ1) is 13.3. The van der Waals surface area contributed by atoms with Crippen LogP contribution in [0, 0.1) is 0 Å².